The number of nitrogens with zero attached hydrogens (tertiary/aromatic N) is 3. The van der Waals surface area contributed by atoms with Gasteiger partial charge in [0.1, 0.15) is 6.33 Å². The van der Waals surface area contributed by atoms with Crippen molar-refractivity contribution in [2.24, 2.45) is 7.05 Å². The second-order valence-electron chi connectivity index (χ2n) is 3.15. The first-order valence-electron chi connectivity index (χ1n) is 5.02. The molecule has 80 valence electrons. The topological polar surface area (TPSA) is 52.0 Å². The molecule has 1 heterocycles. The standard InChI is InChI=1S/C9H18N4O/c1-3-5-10-6-4-7-14-9-11-8-13(2)12-9/h8,10H,3-7H2,1-2H3. The molecule has 1 N–H and O–H groups in total. The summed E-state index contributed by atoms with van der Waals surface area (Å²) < 4.78 is 6.95. The molecular weight excluding hydrogens is 180 g/mol. The molecule has 14 heavy (non-hydrogen) atoms. The van der Waals surface area contributed by atoms with Crippen LogP contribution in [0.15, 0.2) is 6.33 Å². The molecular formula is C9H18N4O. The molecule has 0 bridgehead atoms. The lowest BCUT2D eigenvalue weighted by molar-refractivity contribution is 0.284. The highest BCUT2D eigenvalue weighted by molar-refractivity contribution is 4.86. The Kier molecular flexibility index (Phi) is 4.99. The summed E-state index contributed by atoms with van der Waals surface area (Å²) in [4.78, 5) is 3.96. The van der Waals surface area contributed by atoms with Gasteiger partial charge in [0.15, 0.2) is 0 Å². The van der Waals surface area contributed by atoms with Gasteiger partial charge < -0.3 is 10.1 Å². The van der Waals surface area contributed by atoms with E-state index in [0.29, 0.717) is 12.6 Å². The van der Waals surface area contributed by atoms with Crippen molar-refractivity contribution in [1.29, 1.82) is 0 Å². The molecule has 0 aromatic carbocycles. The van der Waals surface area contributed by atoms with Crippen LogP contribution in [0.3, 0.4) is 0 Å². The van der Waals surface area contributed by atoms with Crippen LogP contribution in [-0.4, -0.2) is 34.5 Å². The van der Waals surface area contributed by atoms with Crippen LogP contribution in [0.4, 0.5) is 0 Å². The Morgan fingerprint density at radius 1 is 1.50 bits per heavy atom. The van der Waals surface area contributed by atoms with E-state index in [1.165, 1.54) is 6.42 Å². The second-order valence-corrected chi connectivity index (χ2v) is 3.15. The minimum Gasteiger partial charge on any atom is -0.462 e. The smallest absolute Gasteiger partial charge is 0.335 e. The minimum absolute atomic E-state index is 0.461. The van der Waals surface area contributed by atoms with E-state index in [0.717, 1.165) is 19.5 Å². The van der Waals surface area contributed by atoms with Crippen molar-refractivity contribution >= 4 is 0 Å². The van der Waals surface area contributed by atoms with E-state index in [9.17, 15) is 0 Å². The molecule has 0 spiro atoms. The van der Waals surface area contributed by atoms with Crippen molar-refractivity contribution in [1.82, 2.24) is 20.1 Å². The number of aromatic nitrogens is 3. The molecule has 0 aliphatic heterocycles. The average molecular weight is 198 g/mol. The fourth-order valence-corrected chi connectivity index (χ4v) is 1.05. The van der Waals surface area contributed by atoms with E-state index in [1.807, 2.05) is 7.05 Å². The van der Waals surface area contributed by atoms with Gasteiger partial charge in [0, 0.05) is 7.05 Å². The quantitative estimate of drug-likeness (QED) is 0.651. The third kappa shape index (κ3) is 4.23. The molecule has 0 radical (unpaired) electrons. The van der Waals surface area contributed by atoms with Crippen LogP contribution >= 0.6 is 0 Å². The molecule has 5 heteroatoms. The maximum Gasteiger partial charge on any atom is 0.335 e. The first-order chi connectivity index (χ1) is 6.83. The summed E-state index contributed by atoms with van der Waals surface area (Å²) >= 11 is 0. The normalized spacial score (nSPS) is 10.4. The Morgan fingerprint density at radius 2 is 2.36 bits per heavy atom. The largest absolute Gasteiger partial charge is 0.462 e. The van der Waals surface area contributed by atoms with Crippen LogP contribution in [-0.2, 0) is 7.05 Å². The highest BCUT2D eigenvalue weighted by Gasteiger charge is 1.97. The Bertz CT molecular complexity index is 249. The van der Waals surface area contributed by atoms with Gasteiger partial charge in [0.05, 0.1) is 6.61 Å². The van der Waals surface area contributed by atoms with Crippen molar-refractivity contribution in [2.45, 2.75) is 19.8 Å². The predicted molar refractivity (Wildman–Crippen MR) is 54.3 cm³/mol. The maximum atomic E-state index is 5.32. The molecule has 0 saturated heterocycles. The van der Waals surface area contributed by atoms with Gasteiger partial charge in [-0.25, -0.2) is 0 Å². The van der Waals surface area contributed by atoms with Gasteiger partial charge >= 0.3 is 6.01 Å². The summed E-state index contributed by atoms with van der Waals surface area (Å²) in [7, 11) is 1.82. The summed E-state index contributed by atoms with van der Waals surface area (Å²) in [6, 6.07) is 0.461. The molecule has 0 aliphatic rings. The summed E-state index contributed by atoms with van der Waals surface area (Å²) in [5, 5.41) is 7.31. The Hall–Kier alpha value is -1.10. The molecule has 0 aliphatic carbocycles. The third-order valence-electron chi connectivity index (χ3n) is 1.73. The van der Waals surface area contributed by atoms with Crippen LogP contribution in [0.1, 0.15) is 19.8 Å². The van der Waals surface area contributed by atoms with E-state index in [-0.39, 0.29) is 0 Å². The van der Waals surface area contributed by atoms with Gasteiger partial charge in [0.25, 0.3) is 0 Å². The zero-order valence-corrected chi connectivity index (χ0v) is 8.86. The highest BCUT2D eigenvalue weighted by atomic mass is 16.5. The molecule has 0 fully saturated rings. The second kappa shape index (κ2) is 6.37. The number of hydrogen-bond acceptors (Lipinski definition) is 4. The van der Waals surface area contributed by atoms with Crippen LogP contribution in [0.5, 0.6) is 6.01 Å². The number of nitrogens with one attached hydrogen (secondary N) is 1. The molecule has 1 rings (SSSR count). The van der Waals surface area contributed by atoms with Gasteiger partial charge in [-0.3, -0.25) is 4.68 Å². The SMILES string of the molecule is CCCNCCCOc1ncn(C)n1. The van der Waals surface area contributed by atoms with Crippen LogP contribution in [0, 0.1) is 0 Å². The van der Waals surface area contributed by atoms with Gasteiger partial charge in [-0.05, 0) is 25.9 Å². The van der Waals surface area contributed by atoms with Crippen molar-refractivity contribution in [2.75, 3.05) is 19.7 Å². The Labute approximate surface area is 84.5 Å². The van der Waals surface area contributed by atoms with E-state index < -0.39 is 0 Å². The van der Waals surface area contributed by atoms with Gasteiger partial charge in [-0.1, -0.05) is 6.92 Å². The van der Waals surface area contributed by atoms with Crippen molar-refractivity contribution in [3.8, 4) is 6.01 Å². The zero-order valence-electron chi connectivity index (χ0n) is 8.86. The molecule has 1 aromatic heterocycles. The van der Waals surface area contributed by atoms with Gasteiger partial charge in [-0.2, -0.15) is 4.98 Å². The van der Waals surface area contributed by atoms with Crippen molar-refractivity contribution < 1.29 is 4.74 Å². The van der Waals surface area contributed by atoms with Gasteiger partial charge in [0.2, 0.25) is 0 Å². The van der Waals surface area contributed by atoms with Gasteiger partial charge in [-0.15, -0.1) is 5.10 Å². The third-order valence-corrected chi connectivity index (χ3v) is 1.73. The van der Waals surface area contributed by atoms with E-state index >= 15 is 0 Å². The predicted octanol–water partition coefficient (Wildman–Crippen LogP) is 0.584. The number of hydrogen-bond donors (Lipinski definition) is 1. The molecule has 0 saturated carbocycles. The fraction of sp³-hybridized carbons (Fsp3) is 0.778. The lowest BCUT2D eigenvalue weighted by atomic mass is 10.4. The van der Waals surface area contributed by atoms with Crippen LogP contribution < -0.4 is 10.1 Å². The summed E-state index contributed by atoms with van der Waals surface area (Å²) in [5.41, 5.74) is 0. The van der Waals surface area contributed by atoms with Crippen molar-refractivity contribution in [3.05, 3.63) is 6.33 Å². The summed E-state index contributed by atoms with van der Waals surface area (Å²) in [6.07, 6.45) is 3.78. The number of rotatable bonds is 7. The minimum atomic E-state index is 0.461. The lowest BCUT2D eigenvalue weighted by Crippen LogP contribution is -2.18. The monoisotopic (exact) mass is 198 g/mol. The number of aryl methyl sites for hydroxylation is 1. The number of ether oxygens (including phenoxy) is 1. The average Bonchev–Trinajstić information content (AvgIpc) is 2.58. The maximum absolute atomic E-state index is 5.32. The van der Waals surface area contributed by atoms with E-state index in [4.69, 9.17) is 4.74 Å². The zero-order chi connectivity index (χ0) is 10.2. The van der Waals surface area contributed by atoms with E-state index in [2.05, 4.69) is 22.3 Å². The highest BCUT2D eigenvalue weighted by Crippen LogP contribution is 1.98. The van der Waals surface area contributed by atoms with Crippen LogP contribution in [0.2, 0.25) is 0 Å². The van der Waals surface area contributed by atoms with E-state index in [1.54, 1.807) is 11.0 Å². The summed E-state index contributed by atoms with van der Waals surface area (Å²) in [5.74, 6) is 0. The lowest BCUT2D eigenvalue weighted by Gasteiger charge is -2.02. The van der Waals surface area contributed by atoms with Crippen LogP contribution in [0.25, 0.3) is 0 Å². The molecule has 1 aromatic rings. The molecule has 0 unspecified atom stereocenters. The summed E-state index contributed by atoms with van der Waals surface area (Å²) in [6.45, 7) is 4.88. The fourth-order valence-electron chi connectivity index (χ4n) is 1.05. The Morgan fingerprint density at radius 3 is 3.00 bits per heavy atom. The molecule has 0 amide bonds. The Balaban J connectivity index is 1.99. The molecule has 5 nitrogen and oxygen atoms in total. The molecule has 0 atom stereocenters. The first-order valence-corrected chi connectivity index (χ1v) is 5.02. The first kappa shape index (κ1) is 11.0. The van der Waals surface area contributed by atoms with Crippen molar-refractivity contribution in [3.63, 3.8) is 0 Å².